The van der Waals surface area contributed by atoms with Crippen LogP contribution >= 0.6 is 0 Å². The van der Waals surface area contributed by atoms with Gasteiger partial charge in [0.1, 0.15) is 0 Å². The maximum Gasteiger partial charge on any atom is 0.233 e. The summed E-state index contributed by atoms with van der Waals surface area (Å²) in [7, 11) is -3.31. The van der Waals surface area contributed by atoms with E-state index in [2.05, 4.69) is 0 Å². The zero-order valence-electron chi connectivity index (χ0n) is 15.1. The van der Waals surface area contributed by atoms with E-state index >= 15 is 0 Å². The van der Waals surface area contributed by atoms with Crippen molar-refractivity contribution in [3.63, 3.8) is 0 Å². The molecule has 2 aliphatic heterocycles. The molecule has 0 bridgehead atoms. The van der Waals surface area contributed by atoms with Crippen molar-refractivity contribution in [1.82, 2.24) is 9.21 Å². The van der Waals surface area contributed by atoms with Gasteiger partial charge < -0.3 is 9.64 Å². The molecule has 2 saturated heterocycles. The highest BCUT2D eigenvalue weighted by atomic mass is 32.2. The van der Waals surface area contributed by atoms with Gasteiger partial charge in [0.25, 0.3) is 0 Å². The molecule has 0 N–H and O–H groups in total. The maximum absolute atomic E-state index is 13.0. The Labute approximate surface area is 155 Å². The summed E-state index contributed by atoms with van der Waals surface area (Å²) < 4.78 is 31.7. The SMILES string of the molecule is CS(=O)(=O)N(C1CCOCC1)C1CN(C(=O)C2(c3ccccc3)CC2)C1. The van der Waals surface area contributed by atoms with Gasteiger partial charge in [0, 0.05) is 32.3 Å². The van der Waals surface area contributed by atoms with E-state index in [1.54, 1.807) is 4.31 Å². The molecule has 0 radical (unpaired) electrons. The zero-order valence-corrected chi connectivity index (χ0v) is 16.0. The lowest BCUT2D eigenvalue weighted by atomic mass is 9.92. The lowest BCUT2D eigenvalue weighted by Crippen LogP contribution is -2.65. The third-order valence-corrected chi connectivity index (χ3v) is 7.29. The van der Waals surface area contributed by atoms with Crippen molar-refractivity contribution in [1.29, 1.82) is 0 Å². The van der Waals surface area contributed by atoms with Crippen LogP contribution in [0, 0.1) is 0 Å². The fraction of sp³-hybridized carbons (Fsp3) is 0.632. The predicted molar refractivity (Wildman–Crippen MR) is 98.2 cm³/mol. The van der Waals surface area contributed by atoms with Crippen LogP contribution in [0.4, 0.5) is 0 Å². The van der Waals surface area contributed by atoms with Crippen LogP contribution in [0.15, 0.2) is 30.3 Å². The molecule has 3 fully saturated rings. The van der Waals surface area contributed by atoms with Crippen molar-refractivity contribution >= 4 is 15.9 Å². The summed E-state index contributed by atoms with van der Waals surface area (Å²) in [6, 6.07) is 9.83. The Morgan fingerprint density at radius 1 is 1.12 bits per heavy atom. The lowest BCUT2D eigenvalue weighted by molar-refractivity contribution is -0.141. The van der Waals surface area contributed by atoms with Crippen molar-refractivity contribution in [2.24, 2.45) is 0 Å². The second-order valence-corrected chi connectivity index (χ2v) is 9.64. The highest BCUT2D eigenvalue weighted by molar-refractivity contribution is 7.88. The molecule has 2 heterocycles. The monoisotopic (exact) mass is 378 g/mol. The van der Waals surface area contributed by atoms with Crippen LogP contribution in [0.5, 0.6) is 0 Å². The first-order valence-electron chi connectivity index (χ1n) is 9.33. The van der Waals surface area contributed by atoms with Gasteiger partial charge in [-0.15, -0.1) is 0 Å². The Bertz CT molecular complexity index is 764. The summed E-state index contributed by atoms with van der Waals surface area (Å²) in [5, 5.41) is 0. The molecule has 1 amide bonds. The van der Waals surface area contributed by atoms with Gasteiger partial charge in [-0.1, -0.05) is 30.3 Å². The Morgan fingerprint density at radius 2 is 1.73 bits per heavy atom. The van der Waals surface area contributed by atoms with Crippen LogP contribution < -0.4 is 0 Å². The van der Waals surface area contributed by atoms with E-state index in [9.17, 15) is 13.2 Å². The molecule has 0 atom stereocenters. The Kier molecular flexibility index (Phi) is 4.57. The standard InChI is InChI=1S/C19H26N2O4S/c1-26(23,24)21(16-7-11-25-12-8-16)17-13-20(14-17)18(22)19(9-10-19)15-5-3-2-4-6-15/h2-6,16-17H,7-14H2,1H3. The quantitative estimate of drug-likeness (QED) is 0.776. The molecular formula is C19H26N2O4S. The largest absolute Gasteiger partial charge is 0.381 e. The second-order valence-electron chi connectivity index (χ2n) is 7.75. The van der Waals surface area contributed by atoms with Gasteiger partial charge in [-0.05, 0) is 31.2 Å². The first-order valence-corrected chi connectivity index (χ1v) is 11.2. The highest BCUT2D eigenvalue weighted by Gasteiger charge is 2.55. The van der Waals surface area contributed by atoms with Gasteiger partial charge in [0.15, 0.2) is 0 Å². The third-order valence-electron chi connectivity index (χ3n) is 5.93. The summed E-state index contributed by atoms with van der Waals surface area (Å²) in [6.07, 6.45) is 4.50. The van der Waals surface area contributed by atoms with Crippen LogP contribution in [0.3, 0.4) is 0 Å². The van der Waals surface area contributed by atoms with E-state index in [1.165, 1.54) is 6.26 Å². The number of carbonyl (C=O) groups excluding carboxylic acids is 1. The molecule has 4 rings (SSSR count). The molecule has 1 aliphatic carbocycles. The molecular weight excluding hydrogens is 352 g/mol. The number of nitrogens with zero attached hydrogens (tertiary/aromatic N) is 2. The average molecular weight is 378 g/mol. The van der Waals surface area contributed by atoms with Crippen molar-refractivity contribution in [2.45, 2.75) is 43.2 Å². The fourth-order valence-electron chi connectivity index (χ4n) is 4.37. The van der Waals surface area contributed by atoms with Crippen molar-refractivity contribution < 1.29 is 17.9 Å². The zero-order chi connectivity index (χ0) is 18.4. The van der Waals surface area contributed by atoms with Crippen molar-refractivity contribution in [3.05, 3.63) is 35.9 Å². The Balaban J connectivity index is 1.44. The third kappa shape index (κ3) is 3.17. The van der Waals surface area contributed by atoms with E-state index in [0.29, 0.717) is 26.3 Å². The predicted octanol–water partition coefficient (Wildman–Crippen LogP) is 1.37. The molecule has 1 saturated carbocycles. The number of sulfonamides is 1. The number of ether oxygens (including phenoxy) is 1. The van der Waals surface area contributed by atoms with Gasteiger partial charge in [0.2, 0.25) is 15.9 Å². The number of hydrogen-bond donors (Lipinski definition) is 0. The van der Waals surface area contributed by atoms with Crippen LogP contribution in [-0.4, -0.2) is 68.2 Å². The average Bonchev–Trinajstić information content (AvgIpc) is 3.39. The molecule has 0 spiro atoms. The number of amides is 1. The molecule has 1 aromatic rings. The van der Waals surface area contributed by atoms with E-state index in [4.69, 9.17) is 4.74 Å². The van der Waals surface area contributed by atoms with E-state index in [-0.39, 0.29) is 23.4 Å². The summed E-state index contributed by atoms with van der Waals surface area (Å²) in [5.41, 5.74) is 0.707. The van der Waals surface area contributed by atoms with Gasteiger partial charge in [-0.2, -0.15) is 4.31 Å². The summed E-state index contributed by atoms with van der Waals surface area (Å²) in [5.74, 6) is 0.153. The van der Waals surface area contributed by atoms with Gasteiger partial charge in [-0.3, -0.25) is 4.79 Å². The smallest absolute Gasteiger partial charge is 0.233 e. The lowest BCUT2D eigenvalue weighted by Gasteiger charge is -2.48. The maximum atomic E-state index is 13.0. The Hall–Kier alpha value is -1.44. The minimum atomic E-state index is -3.31. The van der Waals surface area contributed by atoms with Crippen LogP contribution in [0.25, 0.3) is 0 Å². The number of carbonyl (C=O) groups is 1. The summed E-state index contributed by atoms with van der Waals surface area (Å²) in [4.78, 5) is 14.9. The number of likely N-dealkylation sites (tertiary alicyclic amines) is 1. The van der Waals surface area contributed by atoms with E-state index in [0.717, 1.165) is 31.2 Å². The van der Waals surface area contributed by atoms with Gasteiger partial charge in [0.05, 0.1) is 17.7 Å². The molecule has 0 unspecified atom stereocenters. The first-order chi connectivity index (χ1) is 12.4. The summed E-state index contributed by atoms with van der Waals surface area (Å²) in [6.45, 7) is 2.20. The number of hydrogen-bond acceptors (Lipinski definition) is 4. The van der Waals surface area contributed by atoms with Crippen molar-refractivity contribution in [3.8, 4) is 0 Å². The highest BCUT2D eigenvalue weighted by Crippen LogP contribution is 2.50. The topological polar surface area (TPSA) is 66.9 Å². The molecule has 26 heavy (non-hydrogen) atoms. The molecule has 1 aromatic carbocycles. The van der Waals surface area contributed by atoms with Gasteiger partial charge in [-0.25, -0.2) is 8.42 Å². The van der Waals surface area contributed by atoms with Crippen LogP contribution in [0.2, 0.25) is 0 Å². The minimum Gasteiger partial charge on any atom is -0.381 e. The first kappa shape index (κ1) is 17.9. The molecule has 0 aromatic heterocycles. The fourth-order valence-corrected chi connectivity index (χ4v) is 5.80. The number of benzene rings is 1. The molecule has 7 heteroatoms. The van der Waals surface area contributed by atoms with Gasteiger partial charge >= 0.3 is 0 Å². The molecule has 142 valence electrons. The molecule has 3 aliphatic rings. The second kappa shape index (κ2) is 6.62. The van der Waals surface area contributed by atoms with Crippen molar-refractivity contribution in [2.75, 3.05) is 32.6 Å². The molecule has 6 nitrogen and oxygen atoms in total. The van der Waals surface area contributed by atoms with Crippen LogP contribution in [-0.2, 0) is 25.0 Å². The minimum absolute atomic E-state index is 0.00925. The van der Waals surface area contributed by atoms with Crippen LogP contribution in [0.1, 0.15) is 31.2 Å². The summed E-state index contributed by atoms with van der Waals surface area (Å²) >= 11 is 0. The number of rotatable bonds is 5. The van der Waals surface area contributed by atoms with E-state index < -0.39 is 10.0 Å². The van der Waals surface area contributed by atoms with E-state index in [1.807, 2.05) is 35.2 Å². The Morgan fingerprint density at radius 3 is 2.27 bits per heavy atom. The normalized spacial score (nSPS) is 23.7.